The van der Waals surface area contributed by atoms with Gasteiger partial charge in [-0.15, -0.1) is 0 Å². The molecule has 0 aliphatic heterocycles. The highest BCUT2D eigenvalue weighted by atomic mass is 32.1. The first-order valence-electron chi connectivity index (χ1n) is 4.96. The minimum atomic E-state index is -0.0515. The van der Waals surface area contributed by atoms with Crippen LogP contribution in [0.5, 0.6) is 0 Å². The summed E-state index contributed by atoms with van der Waals surface area (Å²) in [4.78, 5) is 14.0. The third-order valence-corrected chi connectivity index (χ3v) is 3.17. The van der Waals surface area contributed by atoms with Crippen LogP contribution in [0.4, 0.5) is 5.69 Å². The Bertz CT molecular complexity index is 588. The Hall–Kier alpha value is -1.66. The van der Waals surface area contributed by atoms with Crippen LogP contribution in [-0.4, -0.2) is 9.97 Å². The molecule has 0 fully saturated rings. The first kappa shape index (κ1) is 11.8. The van der Waals surface area contributed by atoms with Crippen molar-refractivity contribution < 1.29 is 0 Å². The Kier molecular flexibility index (Phi) is 3.55. The Balaban J connectivity index is 2.14. The van der Waals surface area contributed by atoms with Crippen LogP contribution < -0.4 is 15.9 Å². The number of nitrogens with two attached hydrogens (primary N) is 1. The summed E-state index contributed by atoms with van der Waals surface area (Å²) in [5.74, 6) is 0. The van der Waals surface area contributed by atoms with Crippen LogP contribution >= 0.6 is 23.6 Å². The second-order valence-corrected chi connectivity index (χ2v) is 4.72. The molecular weight excluding hydrogens is 254 g/mol. The van der Waals surface area contributed by atoms with Gasteiger partial charge in [-0.05, 0) is 12.1 Å². The van der Waals surface area contributed by atoms with Gasteiger partial charge in [0.05, 0.1) is 6.54 Å². The molecule has 17 heavy (non-hydrogen) atoms. The van der Waals surface area contributed by atoms with Crippen molar-refractivity contribution in [2.75, 3.05) is 5.32 Å². The fourth-order valence-corrected chi connectivity index (χ4v) is 2.20. The molecule has 1 aromatic heterocycles. The zero-order valence-corrected chi connectivity index (χ0v) is 10.5. The third-order valence-electron chi connectivity index (χ3n) is 2.23. The van der Waals surface area contributed by atoms with Gasteiger partial charge < -0.3 is 16.0 Å². The number of nitrogens with one attached hydrogen (secondary N) is 2. The summed E-state index contributed by atoms with van der Waals surface area (Å²) in [6.45, 7) is 0.540. The molecule has 0 spiro atoms. The van der Waals surface area contributed by atoms with Crippen molar-refractivity contribution >= 4 is 34.2 Å². The molecule has 4 N–H and O–H groups in total. The molecule has 0 saturated heterocycles. The van der Waals surface area contributed by atoms with Crippen LogP contribution in [0.2, 0.25) is 0 Å². The fraction of sp³-hybridized carbons (Fsp3) is 0.0909. The van der Waals surface area contributed by atoms with Crippen LogP contribution in [0.3, 0.4) is 0 Å². The minimum absolute atomic E-state index is 0.0515. The highest BCUT2D eigenvalue weighted by Gasteiger charge is 2.04. The second kappa shape index (κ2) is 5.11. The number of aromatic amines is 1. The number of anilines is 1. The van der Waals surface area contributed by atoms with Crippen LogP contribution in [0, 0.1) is 0 Å². The van der Waals surface area contributed by atoms with E-state index in [-0.39, 0.29) is 4.87 Å². The molecule has 0 bridgehead atoms. The third kappa shape index (κ3) is 2.92. The normalized spacial score (nSPS) is 10.1. The van der Waals surface area contributed by atoms with E-state index in [1.807, 2.05) is 24.3 Å². The summed E-state index contributed by atoms with van der Waals surface area (Å²) in [6, 6.07) is 7.55. The van der Waals surface area contributed by atoms with Gasteiger partial charge in [-0.2, -0.15) is 0 Å². The predicted molar refractivity (Wildman–Crippen MR) is 74.6 cm³/mol. The quantitative estimate of drug-likeness (QED) is 0.736. The molecule has 6 heteroatoms. The van der Waals surface area contributed by atoms with E-state index in [4.69, 9.17) is 18.0 Å². The Morgan fingerprint density at radius 3 is 2.88 bits per heavy atom. The summed E-state index contributed by atoms with van der Waals surface area (Å²) < 4.78 is 0. The molecule has 0 aliphatic rings. The topological polar surface area (TPSA) is 70.9 Å². The van der Waals surface area contributed by atoms with Gasteiger partial charge in [0.25, 0.3) is 0 Å². The summed E-state index contributed by atoms with van der Waals surface area (Å²) in [5, 5.41) is 4.98. The zero-order chi connectivity index (χ0) is 12.3. The van der Waals surface area contributed by atoms with Crippen molar-refractivity contribution in [2.24, 2.45) is 5.73 Å². The lowest BCUT2D eigenvalue weighted by atomic mass is 10.2. The molecule has 88 valence electrons. The smallest absolute Gasteiger partial charge is 0.304 e. The first-order valence-corrected chi connectivity index (χ1v) is 6.25. The first-order chi connectivity index (χ1) is 8.16. The van der Waals surface area contributed by atoms with Gasteiger partial charge in [0.1, 0.15) is 4.99 Å². The van der Waals surface area contributed by atoms with Crippen LogP contribution in [0.15, 0.2) is 34.4 Å². The summed E-state index contributed by atoms with van der Waals surface area (Å²) in [6.07, 6.45) is 0. The maximum Gasteiger partial charge on any atom is 0.304 e. The van der Waals surface area contributed by atoms with Gasteiger partial charge in [0.2, 0.25) is 0 Å². The van der Waals surface area contributed by atoms with Crippen molar-refractivity contribution in [3.63, 3.8) is 0 Å². The van der Waals surface area contributed by atoms with Gasteiger partial charge in [-0.1, -0.05) is 35.7 Å². The number of thiazole rings is 1. The van der Waals surface area contributed by atoms with Gasteiger partial charge in [-0.3, -0.25) is 4.79 Å². The molecule has 0 radical (unpaired) electrons. The predicted octanol–water partition coefficient (Wildman–Crippen LogP) is 1.68. The van der Waals surface area contributed by atoms with Crippen molar-refractivity contribution in [2.45, 2.75) is 6.54 Å². The number of H-pyrrole nitrogens is 1. The van der Waals surface area contributed by atoms with Gasteiger partial charge in [0, 0.05) is 22.3 Å². The average Bonchev–Trinajstić information content (AvgIpc) is 2.73. The van der Waals surface area contributed by atoms with Crippen LogP contribution in [-0.2, 0) is 6.54 Å². The van der Waals surface area contributed by atoms with Crippen LogP contribution in [0.1, 0.15) is 11.3 Å². The lowest BCUT2D eigenvalue weighted by Crippen LogP contribution is -2.13. The van der Waals surface area contributed by atoms with E-state index in [0.717, 1.165) is 28.3 Å². The SMILES string of the molecule is NC(=S)c1ccccc1NCc1csc(=O)[nH]1. The Morgan fingerprint density at radius 2 is 2.24 bits per heavy atom. The molecular formula is C11H11N3OS2. The molecule has 0 atom stereocenters. The summed E-state index contributed by atoms with van der Waals surface area (Å²) in [7, 11) is 0. The molecule has 1 aromatic carbocycles. The van der Waals surface area contributed by atoms with Gasteiger partial charge >= 0.3 is 4.87 Å². The number of para-hydroxylation sites is 1. The van der Waals surface area contributed by atoms with Gasteiger partial charge in [-0.25, -0.2) is 0 Å². The van der Waals surface area contributed by atoms with Gasteiger partial charge in [0.15, 0.2) is 0 Å². The maximum atomic E-state index is 11.0. The van der Waals surface area contributed by atoms with Crippen molar-refractivity contribution in [3.05, 3.63) is 50.6 Å². The number of thiocarbonyl (C=S) groups is 1. The fourth-order valence-electron chi connectivity index (χ4n) is 1.44. The van der Waals surface area contributed by atoms with E-state index in [9.17, 15) is 4.79 Å². The summed E-state index contributed by atoms with van der Waals surface area (Å²) in [5.41, 5.74) is 8.14. The van der Waals surface area contributed by atoms with E-state index in [1.54, 1.807) is 5.38 Å². The number of hydrogen-bond acceptors (Lipinski definition) is 4. The minimum Gasteiger partial charge on any atom is -0.389 e. The van der Waals surface area contributed by atoms with E-state index in [1.165, 1.54) is 0 Å². The highest BCUT2D eigenvalue weighted by Crippen LogP contribution is 2.15. The standard InChI is InChI=1S/C11H11N3OS2/c12-10(16)8-3-1-2-4-9(8)13-5-7-6-17-11(15)14-7/h1-4,6,13H,5H2,(H2,12,16)(H,14,15). The van der Waals surface area contributed by atoms with E-state index in [0.29, 0.717) is 11.5 Å². The number of hydrogen-bond donors (Lipinski definition) is 3. The highest BCUT2D eigenvalue weighted by molar-refractivity contribution is 7.80. The molecule has 2 rings (SSSR count). The molecule has 4 nitrogen and oxygen atoms in total. The monoisotopic (exact) mass is 265 g/mol. The largest absolute Gasteiger partial charge is 0.389 e. The van der Waals surface area contributed by atoms with Crippen molar-refractivity contribution in [1.82, 2.24) is 4.98 Å². The van der Waals surface area contributed by atoms with Crippen molar-refractivity contribution in [1.29, 1.82) is 0 Å². The van der Waals surface area contributed by atoms with Crippen LogP contribution in [0.25, 0.3) is 0 Å². The number of rotatable bonds is 4. The lowest BCUT2D eigenvalue weighted by Gasteiger charge is -2.09. The number of benzene rings is 1. The number of aromatic nitrogens is 1. The van der Waals surface area contributed by atoms with E-state index < -0.39 is 0 Å². The Labute approximate surface area is 107 Å². The van der Waals surface area contributed by atoms with E-state index >= 15 is 0 Å². The summed E-state index contributed by atoms with van der Waals surface area (Å²) >= 11 is 6.12. The molecule has 0 unspecified atom stereocenters. The average molecular weight is 265 g/mol. The molecule has 2 aromatic rings. The maximum absolute atomic E-state index is 11.0. The second-order valence-electron chi connectivity index (χ2n) is 3.44. The molecule has 0 amide bonds. The van der Waals surface area contributed by atoms with Crippen molar-refractivity contribution in [3.8, 4) is 0 Å². The molecule has 0 saturated carbocycles. The van der Waals surface area contributed by atoms with E-state index in [2.05, 4.69) is 10.3 Å². The Morgan fingerprint density at radius 1 is 1.47 bits per heavy atom. The molecule has 0 aliphatic carbocycles. The lowest BCUT2D eigenvalue weighted by molar-refractivity contribution is 1.06. The molecule has 1 heterocycles. The zero-order valence-electron chi connectivity index (χ0n) is 8.90.